The molecule has 0 saturated heterocycles. The van der Waals surface area contributed by atoms with E-state index in [9.17, 15) is 9.59 Å². The number of hydrogen-bond acceptors (Lipinski definition) is 4. The van der Waals surface area contributed by atoms with Gasteiger partial charge in [0.1, 0.15) is 5.76 Å². The Labute approximate surface area is 157 Å². The topological polar surface area (TPSA) is 84.2 Å². The number of rotatable bonds is 6. The van der Waals surface area contributed by atoms with Crippen molar-refractivity contribution in [3.8, 4) is 0 Å². The van der Waals surface area contributed by atoms with Crippen molar-refractivity contribution in [2.45, 2.75) is 26.3 Å². The molecule has 0 aliphatic heterocycles. The second kappa shape index (κ2) is 8.31. The summed E-state index contributed by atoms with van der Waals surface area (Å²) in [6, 6.07) is 12.3. The number of nitrogens with zero attached hydrogens (tertiary/aromatic N) is 1. The van der Waals surface area contributed by atoms with Crippen LogP contribution in [0.25, 0.3) is 0 Å². The van der Waals surface area contributed by atoms with E-state index in [-0.39, 0.29) is 17.9 Å². The van der Waals surface area contributed by atoms with Crippen LogP contribution >= 0.6 is 0 Å². The zero-order chi connectivity index (χ0) is 19.2. The number of carbonyl (C=O) groups is 2. The monoisotopic (exact) mass is 363 g/mol. The summed E-state index contributed by atoms with van der Waals surface area (Å²) in [5, 5.41) is 5.76. The van der Waals surface area contributed by atoms with Crippen molar-refractivity contribution in [1.29, 1.82) is 0 Å². The molecule has 2 amide bonds. The van der Waals surface area contributed by atoms with Crippen molar-refractivity contribution >= 4 is 17.5 Å². The number of carbonyl (C=O) groups excluding carboxylic acids is 2. The fraction of sp³-hybridized carbons (Fsp3) is 0.190. The summed E-state index contributed by atoms with van der Waals surface area (Å²) in [5.41, 5.74) is 2.75. The molecule has 0 radical (unpaired) electrons. The maximum absolute atomic E-state index is 12.4. The highest BCUT2D eigenvalue weighted by Crippen LogP contribution is 2.14. The molecule has 138 valence electrons. The van der Waals surface area contributed by atoms with Crippen LogP contribution in [0, 0.1) is 6.92 Å². The second-order valence-electron chi connectivity index (χ2n) is 6.36. The lowest BCUT2D eigenvalue weighted by Gasteiger charge is -2.14. The van der Waals surface area contributed by atoms with Crippen LogP contribution in [0.3, 0.4) is 0 Å². The first kappa shape index (κ1) is 18.4. The average Bonchev–Trinajstić information content (AvgIpc) is 3.09. The quantitative estimate of drug-likeness (QED) is 0.701. The molecule has 3 rings (SSSR count). The summed E-state index contributed by atoms with van der Waals surface area (Å²) < 4.78 is 5.14. The van der Waals surface area contributed by atoms with Crippen molar-refractivity contribution < 1.29 is 14.0 Å². The minimum atomic E-state index is -0.246. The van der Waals surface area contributed by atoms with E-state index < -0.39 is 0 Å². The number of benzene rings is 1. The second-order valence-corrected chi connectivity index (χ2v) is 6.36. The first-order valence-electron chi connectivity index (χ1n) is 8.68. The molecule has 0 unspecified atom stereocenters. The molecule has 27 heavy (non-hydrogen) atoms. The smallest absolute Gasteiger partial charge is 0.259 e. The molecular weight excluding hydrogens is 342 g/mol. The Morgan fingerprint density at radius 1 is 1.04 bits per heavy atom. The van der Waals surface area contributed by atoms with Crippen LogP contribution < -0.4 is 10.6 Å². The van der Waals surface area contributed by atoms with Gasteiger partial charge in [0.15, 0.2) is 0 Å². The summed E-state index contributed by atoms with van der Waals surface area (Å²) in [5.74, 6) is 0.163. The van der Waals surface area contributed by atoms with E-state index in [1.165, 1.54) is 6.26 Å². The van der Waals surface area contributed by atoms with E-state index in [0.717, 1.165) is 12.0 Å². The molecule has 1 atom stereocenters. The molecule has 0 spiro atoms. The molecular formula is C21H21N3O3. The molecule has 0 bridgehead atoms. The molecule has 6 nitrogen and oxygen atoms in total. The van der Waals surface area contributed by atoms with Crippen LogP contribution in [0.1, 0.15) is 39.0 Å². The fourth-order valence-electron chi connectivity index (χ4n) is 2.75. The molecule has 0 saturated carbocycles. The predicted octanol–water partition coefficient (Wildman–Crippen LogP) is 3.60. The molecule has 0 aliphatic rings. The van der Waals surface area contributed by atoms with Crippen molar-refractivity contribution in [3.05, 3.63) is 83.6 Å². The van der Waals surface area contributed by atoms with Gasteiger partial charge in [-0.15, -0.1) is 0 Å². The molecule has 2 aromatic heterocycles. The highest BCUT2D eigenvalue weighted by atomic mass is 16.3. The summed E-state index contributed by atoms with van der Waals surface area (Å²) in [7, 11) is 0. The van der Waals surface area contributed by atoms with Crippen LogP contribution in [0.5, 0.6) is 0 Å². The molecule has 0 aliphatic carbocycles. The third-order valence-corrected chi connectivity index (χ3v) is 4.18. The van der Waals surface area contributed by atoms with Gasteiger partial charge in [-0.25, -0.2) is 0 Å². The van der Waals surface area contributed by atoms with Gasteiger partial charge in [0, 0.05) is 29.7 Å². The van der Waals surface area contributed by atoms with Crippen LogP contribution in [-0.2, 0) is 6.42 Å². The zero-order valence-corrected chi connectivity index (χ0v) is 15.2. The molecule has 2 N–H and O–H groups in total. The lowest BCUT2D eigenvalue weighted by molar-refractivity contribution is 0.0939. The fourth-order valence-corrected chi connectivity index (χ4v) is 2.75. The SMILES string of the molecule is Cc1occc1C(=O)Nc1ccc(C(=O)N[C@@H](C)Cc2ccncc2)cc1. The Kier molecular flexibility index (Phi) is 5.66. The number of anilines is 1. The normalized spacial score (nSPS) is 11.6. The Morgan fingerprint density at radius 3 is 2.37 bits per heavy atom. The predicted molar refractivity (Wildman–Crippen MR) is 103 cm³/mol. The Balaban J connectivity index is 1.57. The van der Waals surface area contributed by atoms with Gasteiger partial charge in [0.05, 0.1) is 11.8 Å². The van der Waals surface area contributed by atoms with E-state index in [4.69, 9.17) is 4.42 Å². The number of furan rings is 1. The molecule has 2 heterocycles. The Hall–Kier alpha value is -3.41. The van der Waals surface area contributed by atoms with Crippen molar-refractivity contribution in [2.75, 3.05) is 5.32 Å². The lowest BCUT2D eigenvalue weighted by Crippen LogP contribution is -2.34. The highest BCUT2D eigenvalue weighted by molar-refractivity contribution is 6.05. The van der Waals surface area contributed by atoms with Crippen molar-refractivity contribution in [3.63, 3.8) is 0 Å². The summed E-state index contributed by atoms with van der Waals surface area (Å²) >= 11 is 0. The Bertz CT molecular complexity index is 917. The molecule has 1 aromatic carbocycles. The van der Waals surface area contributed by atoms with E-state index in [2.05, 4.69) is 15.6 Å². The number of amides is 2. The first-order chi connectivity index (χ1) is 13.0. The van der Waals surface area contributed by atoms with E-state index in [1.807, 2.05) is 19.1 Å². The van der Waals surface area contributed by atoms with E-state index in [1.54, 1.807) is 49.6 Å². The Morgan fingerprint density at radius 2 is 1.74 bits per heavy atom. The van der Waals surface area contributed by atoms with E-state index in [0.29, 0.717) is 22.6 Å². The average molecular weight is 363 g/mol. The summed E-state index contributed by atoms with van der Waals surface area (Å²) in [4.78, 5) is 28.6. The van der Waals surface area contributed by atoms with Gasteiger partial charge in [0.25, 0.3) is 11.8 Å². The number of aromatic nitrogens is 1. The zero-order valence-electron chi connectivity index (χ0n) is 15.2. The van der Waals surface area contributed by atoms with Gasteiger partial charge < -0.3 is 15.1 Å². The standard InChI is InChI=1S/C21H21N3O3/c1-14(13-16-7-10-22-11-8-16)23-20(25)17-3-5-18(6-4-17)24-21(26)19-9-12-27-15(19)2/h3-12,14H,13H2,1-2H3,(H,23,25)(H,24,26)/t14-/m0/s1. The van der Waals surface area contributed by atoms with E-state index >= 15 is 0 Å². The van der Waals surface area contributed by atoms with Gasteiger partial charge in [-0.1, -0.05) is 0 Å². The maximum Gasteiger partial charge on any atom is 0.259 e. The highest BCUT2D eigenvalue weighted by Gasteiger charge is 2.13. The minimum Gasteiger partial charge on any atom is -0.469 e. The largest absolute Gasteiger partial charge is 0.469 e. The number of hydrogen-bond donors (Lipinski definition) is 2. The molecule has 0 fully saturated rings. The van der Waals surface area contributed by atoms with Crippen LogP contribution in [-0.4, -0.2) is 22.8 Å². The lowest BCUT2D eigenvalue weighted by atomic mass is 10.1. The van der Waals surface area contributed by atoms with Crippen LogP contribution in [0.2, 0.25) is 0 Å². The molecule has 6 heteroatoms. The van der Waals surface area contributed by atoms with Gasteiger partial charge in [-0.05, 0) is 68.3 Å². The first-order valence-corrected chi connectivity index (χ1v) is 8.68. The third kappa shape index (κ3) is 4.82. The van der Waals surface area contributed by atoms with Crippen LogP contribution in [0.4, 0.5) is 5.69 Å². The summed E-state index contributed by atoms with van der Waals surface area (Å²) in [6.07, 6.45) is 5.68. The maximum atomic E-state index is 12.4. The number of aryl methyl sites for hydroxylation is 1. The van der Waals surface area contributed by atoms with Crippen LogP contribution in [0.15, 0.2) is 65.5 Å². The van der Waals surface area contributed by atoms with Crippen molar-refractivity contribution in [2.24, 2.45) is 0 Å². The van der Waals surface area contributed by atoms with Gasteiger partial charge >= 0.3 is 0 Å². The number of pyridine rings is 1. The van der Waals surface area contributed by atoms with Gasteiger partial charge in [-0.2, -0.15) is 0 Å². The van der Waals surface area contributed by atoms with Gasteiger partial charge in [-0.3, -0.25) is 14.6 Å². The minimum absolute atomic E-state index is 0.0108. The molecule has 3 aromatic rings. The third-order valence-electron chi connectivity index (χ3n) is 4.18. The van der Waals surface area contributed by atoms with Gasteiger partial charge in [0.2, 0.25) is 0 Å². The summed E-state index contributed by atoms with van der Waals surface area (Å²) in [6.45, 7) is 3.69. The van der Waals surface area contributed by atoms with Crippen molar-refractivity contribution in [1.82, 2.24) is 10.3 Å². The number of nitrogens with one attached hydrogen (secondary N) is 2.